The predicted octanol–water partition coefficient (Wildman–Crippen LogP) is 2.00. The van der Waals surface area contributed by atoms with Crippen molar-refractivity contribution in [2.45, 2.75) is 37.7 Å². The van der Waals surface area contributed by atoms with Gasteiger partial charge in [0.25, 0.3) is 0 Å². The van der Waals surface area contributed by atoms with Gasteiger partial charge in [0.05, 0.1) is 0 Å². The fourth-order valence-electron chi connectivity index (χ4n) is 3.08. The van der Waals surface area contributed by atoms with Crippen molar-refractivity contribution in [3.05, 3.63) is 46.6 Å². The molecule has 1 aliphatic carbocycles. The molecule has 1 fully saturated rings. The third-order valence-corrected chi connectivity index (χ3v) is 4.68. The van der Waals surface area contributed by atoms with Crippen LogP contribution in [-0.2, 0) is 19.1 Å². The molecule has 0 radical (unpaired) electrons. The molecule has 0 aromatic heterocycles. The van der Waals surface area contributed by atoms with E-state index in [9.17, 15) is 14.4 Å². The number of rotatable bonds is 3. The standard InChI is InChI=1S/C17H17ClN2O4/c1-10(21)19-20-11-6-8-17(9-7-11)15(22)14(16(23)24-17)12-4-2-3-5-13(12)18/h2-6,14,20H,7-9H2,1H3,(H,19,21). The van der Waals surface area contributed by atoms with Gasteiger partial charge in [0.2, 0.25) is 5.91 Å². The van der Waals surface area contributed by atoms with Crippen molar-refractivity contribution in [3.63, 3.8) is 0 Å². The van der Waals surface area contributed by atoms with Crippen LogP contribution in [0.1, 0.15) is 37.7 Å². The highest BCUT2D eigenvalue weighted by atomic mass is 35.5. The van der Waals surface area contributed by atoms with Crippen LogP contribution >= 0.6 is 11.6 Å². The van der Waals surface area contributed by atoms with Crippen molar-refractivity contribution in [3.8, 4) is 0 Å². The fourth-order valence-corrected chi connectivity index (χ4v) is 3.32. The highest BCUT2D eigenvalue weighted by Gasteiger charge is 2.56. The third-order valence-electron chi connectivity index (χ3n) is 4.33. The summed E-state index contributed by atoms with van der Waals surface area (Å²) in [5.74, 6) is -1.99. The van der Waals surface area contributed by atoms with Gasteiger partial charge in [-0.25, -0.2) is 0 Å². The number of ether oxygens (including phenoxy) is 1. The summed E-state index contributed by atoms with van der Waals surface area (Å²) in [4.78, 5) is 36.1. The van der Waals surface area contributed by atoms with Gasteiger partial charge in [-0.2, -0.15) is 0 Å². The van der Waals surface area contributed by atoms with E-state index in [1.807, 2.05) is 0 Å². The second kappa shape index (κ2) is 6.28. The molecule has 0 saturated carbocycles. The summed E-state index contributed by atoms with van der Waals surface area (Å²) in [7, 11) is 0. The van der Waals surface area contributed by atoms with Crippen LogP contribution in [0.2, 0.25) is 5.02 Å². The number of allylic oxidation sites excluding steroid dienone is 1. The number of hydrogen-bond acceptors (Lipinski definition) is 5. The summed E-state index contributed by atoms with van der Waals surface area (Å²) in [5.41, 5.74) is 5.42. The van der Waals surface area contributed by atoms with E-state index >= 15 is 0 Å². The number of Topliss-reactive ketones (excluding diaryl/α,β-unsaturated/α-hetero) is 1. The van der Waals surface area contributed by atoms with Gasteiger partial charge in [-0.1, -0.05) is 35.9 Å². The normalized spacial score (nSPS) is 26.1. The maximum atomic E-state index is 12.9. The first-order chi connectivity index (χ1) is 11.4. The Hall–Kier alpha value is -2.34. The Morgan fingerprint density at radius 1 is 1.33 bits per heavy atom. The summed E-state index contributed by atoms with van der Waals surface area (Å²) in [6.45, 7) is 1.40. The number of esters is 1. The van der Waals surface area contributed by atoms with E-state index < -0.39 is 17.5 Å². The van der Waals surface area contributed by atoms with Gasteiger partial charge in [0.15, 0.2) is 11.4 Å². The molecule has 1 spiro atoms. The maximum absolute atomic E-state index is 12.9. The molecule has 2 N–H and O–H groups in total. The number of halogens is 1. The van der Waals surface area contributed by atoms with Crippen molar-refractivity contribution in [1.82, 2.24) is 10.9 Å². The number of carbonyl (C=O) groups is 3. The molecule has 7 heteroatoms. The van der Waals surface area contributed by atoms with Crippen LogP contribution in [0.15, 0.2) is 36.0 Å². The highest BCUT2D eigenvalue weighted by molar-refractivity contribution is 6.32. The quantitative estimate of drug-likeness (QED) is 0.496. The summed E-state index contributed by atoms with van der Waals surface area (Å²) < 4.78 is 5.49. The topological polar surface area (TPSA) is 84.5 Å². The molecule has 3 rings (SSSR count). The average Bonchev–Trinajstić information content (AvgIpc) is 2.78. The first-order valence-corrected chi connectivity index (χ1v) is 8.04. The molecule has 1 aliphatic heterocycles. The minimum Gasteiger partial charge on any atom is -0.450 e. The zero-order valence-electron chi connectivity index (χ0n) is 13.1. The number of hydrazine groups is 1. The molecule has 1 heterocycles. The van der Waals surface area contributed by atoms with Gasteiger partial charge in [-0.05, 0) is 18.1 Å². The molecular formula is C17H17ClN2O4. The Morgan fingerprint density at radius 2 is 2.08 bits per heavy atom. The first-order valence-electron chi connectivity index (χ1n) is 7.66. The van der Waals surface area contributed by atoms with Crippen LogP contribution in [0.5, 0.6) is 0 Å². The van der Waals surface area contributed by atoms with E-state index in [1.54, 1.807) is 30.3 Å². The molecule has 1 aromatic carbocycles. The zero-order chi connectivity index (χ0) is 17.3. The molecule has 126 valence electrons. The van der Waals surface area contributed by atoms with Gasteiger partial charge in [0.1, 0.15) is 5.92 Å². The lowest BCUT2D eigenvalue weighted by Gasteiger charge is -2.29. The van der Waals surface area contributed by atoms with E-state index in [0.717, 1.165) is 5.70 Å². The zero-order valence-corrected chi connectivity index (χ0v) is 13.9. The van der Waals surface area contributed by atoms with Gasteiger partial charge in [-0.3, -0.25) is 19.8 Å². The van der Waals surface area contributed by atoms with Crippen molar-refractivity contribution in [1.29, 1.82) is 0 Å². The fraction of sp³-hybridized carbons (Fsp3) is 0.353. The monoisotopic (exact) mass is 348 g/mol. The Labute approximate surface area is 144 Å². The third kappa shape index (κ3) is 2.89. The van der Waals surface area contributed by atoms with Crippen LogP contribution in [0.3, 0.4) is 0 Å². The Morgan fingerprint density at radius 3 is 2.71 bits per heavy atom. The number of carbonyl (C=O) groups excluding carboxylic acids is 3. The molecule has 6 nitrogen and oxygen atoms in total. The van der Waals surface area contributed by atoms with Gasteiger partial charge in [-0.15, -0.1) is 0 Å². The predicted molar refractivity (Wildman–Crippen MR) is 86.9 cm³/mol. The molecule has 2 aliphatic rings. The number of amides is 1. The molecular weight excluding hydrogens is 332 g/mol. The van der Waals surface area contributed by atoms with E-state index in [1.165, 1.54) is 6.92 Å². The highest BCUT2D eigenvalue weighted by Crippen LogP contribution is 2.43. The SMILES string of the molecule is CC(=O)NNC1=CCC2(CC1)OC(=O)C(c1ccccc1Cl)C2=O. The van der Waals surface area contributed by atoms with E-state index in [-0.39, 0.29) is 18.1 Å². The molecule has 2 unspecified atom stereocenters. The van der Waals surface area contributed by atoms with E-state index in [4.69, 9.17) is 16.3 Å². The van der Waals surface area contributed by atoms with Crippen molar-refractivity contribution in [2.24, 2.45) is 0 Å². The summed E-state index contributed by atoms with van der Waals surface area (Å²) in [5, 5.41) is 0.379. The maximum Gasteiger partial charge on any atom is 0.322 e. The lowest BCUT2D eigenvalue weighted by Crippen LogP contribution is -2.42. The minimum atomic E-state index is -1.14. The molecule has 1 saturated heterocycles. The second-order valence-corrected chi connectivity index (χ2v) is 6.38. The lowest BCUT2D eigenvalue weighted by molar-refractivity contribution is -0.152. The van der Waals surface area contributed by atoms with Crippen LogP contribution in [-0.4, -0.2) is 23.3 Å². The van der Waals surface area contributed by atoms with Gasteiger partial charge < -0.3 is 10.2 Å². The summed E-state index contributed by atoms with van der Waals surface area (Å²) in [6, 6.07) is 6.81. The number of hydrogen-bond donors (Lipinski definition) is 2. The second-order valence-electron chi connectivity index (χ2n) is 5.97. The van der Waals surface area contributed by atoms with Gasteiger partial charge in [0, 0.05) is 30.5 Å². The number of benzene rings is 1. The number of nitrogens with one attached hydrogen (secondary N) is 2. The van der Waals surface area contributed by atoms with Crippen LogP contribution in [0.25, 0.3) is 0 Å². The lowest BCUT2D eigenvalue weighted by atomic mass is 9.80. The average molecular weight is 349 g/mol. The molecule has 0 bridgehead atoms. The van der Waals surface area contributed by atoms with E-state index in [0.29, 0.717) is 23.4 Å². The summed E-state index contributed by atoms with van der Waals surface area (Å²) in [6.07, 6.45) is 2.92. The minimum absolute atomic E-state index is 0.210. The number of ketones is 1. The van der Waals surface area contributed by atoms with Crippen molar-refractivity contribution >= 4 is 29.3 Å². The Kier molecular flexibility index (Phi) is 4.32. The Balaban J connectivity index is 1.80. The van der Waals surface area contributed by atoms with Crippen molar-refractivity contribution < 1.29 is 19.1 Å². The smallest absolute Gasteiger partial charge is 0.322 e. The molecule has 24 heavy (non-hydrogen) atoms. The van der Waals surface area contributed by atoms with Crippen LogP contribution in [0, 0.1) is 0 Å². The first kappa shape index (κ1) is 16.5. The summed E-state index contributed by atoms with van der Waals surface area (Å²) >= 11 is 6.13. The molecule has 1 aromatic rings. The van der Waals surface area contributed by atoms with Crippen LogP contribution in [0.4, 0.5) is 0 Å². The molecule has 2 atom stereocenters. The van der Waals surface area contributed by atoms with Crippen LogP contribution < -0.4 is 10.9 Å². The van der Waals surface area contributed by atoms with Crippen molar-refractivity contribution in [2.75, 3.05) is 0 Å². The largest absolute Gasteiger partial charge is 0.450 e. The Bertz CT molecular complexity index is 746. The van der Waals surface area contributed by atoms with E-state index in [2.05, 4.69) is 10.9 Å². The molecule has 1 amide bonds. The van der Waals surface area contributed by atoms with Gasteiger partial charge >= 0.3 is 5.97 Å².